The minimum absolute atomic E-state index is 0.101. The van der Waals surface area contributed by atoms with Crippen LogP contribution in [0, 0.1) is 18.3 Å². The molecule has 0 unspecified atom stereocenters. The second kappa shape index (κ2) is 9.62. The Hall–Kier alpha value is -3.38. The molecule has 31 heavy (non-hydrogen) atoms. The van der Waals surface area contributed by atoms with E-state index >= 15 is 0 Å². The highest BCUT2D eigenvalue weighted by Crippen LogP contribution is 2.25. The lowest BCUT2D eigenvalue weighted by molar-refractivity contribution is -0.759. The second-order valence-corrected chi connectivity index (χ2v) is 8.33. The van der Waals surface area contributed by atoms with Crippen molar-refractivity contribution in [2.45, 2.75) is 31.2 Å². The average molecular weight is 436 g/mol. The van der Waals surface area contributed by atoms with Crippen LogP contribution in [-0.4, -0.2) is 35.0 Å². The van der Waals surface area contributed by atoms with Gasteiger partial charge in [-0.25, -0.2) is 4.98 Å². The summed E-state index contributed by atoms with van der Waals surface area (Å²) in [5.74, 6) is 0.139. The smallest absolute Gasteiger partial charge is 0.288 e. The van der Waals surface area contributed by atoms with Crippen LogP contribution in [0.3, 0.4) is 0 Å². The predicted octanol–water partition coefficient (Wildman–Crippen LogP) is 3.06. The fourth-order valence-electron chi connectivity index (χ4n) is 3.34. The van der Waals surface area contributed by atoms with Crippen LogP contribution in [0.1, 0.15) is 30.4 Å². The van der Waals surface area contributed by atoms with Gasteiger partial charge in [0.05, 0.1) is 34.9 Å². The summed E-state index contributed by atoms with van der Waals surface area (Å²) in [6.45, 7) is 3.86. The third kappa shape index (κ3) is 5.22. The summed E-state index contributed by atoms with van der Waals surface area (Å²) >= 11 is 1.22. The Kier molecular flexibility index (Phi) is 6.48. The molecule has 0 aliphatic carbocycles. The normalized spacial score (nSPS) is 13.6. The van der Waals surface area contributed by atoms with E-state index in [-0.39, 0.29) is 17.5 Å². The maximum atomic E-state index is 12.4. The van der Waals surface area contributed by atoms with E-state index in [0.717, 1.165) is 42.8 Å². The van der Waals surface area contributed by atoms with Crippen LogP contribution < -0.4 is 15.1 Å². The number of hydrogen-bond donors (Lipinski definition) is 1. The van der Waals surface area contributed by atoms with E-state index < -0.39 is 0 Å². The molecule has 1 aliphatic heterocycles. The molecule has 158 valence electrons. The lowest BCUT2D eigenvalue weighted by Crippen LogP contribution is -2.60. The third-order valence-corrected chi connectivity index (χ3v) is 6.00. The van der Waals surface area contributed by atoms with E-state index in [0.29, 0.717) is 10.6 Å². The molecule has 3 heterocycles. The molecule has 1 N–H and O–H groups in total. The summed E-state index contributed by atoms with van der Waals surface area (Å²) < 4.78 is 5.23. The molecule has 4 rings (SSSR count). The minimum Gasteiger partial charge on any atom is -0.288 e. The van der Waals surface area contributed by atoms with E-state index in [2.05, 4.69) is 26.7 Å². The number of piperidine rings is 1. The SMILES string of the molecule is Cc1ccc(-c2ccc(C#N)c(SCC(=O)Nc3c[n+](N4CCCCC4)no3)n2)cc1. The van der Waals surface area contributed by atoms with Crippen molar-refractivity contribution in [3.63, 3.8) is 0 Å². The van der Waals surface area contributed by atoms with Gasteiger partial charge in [-0.05, 0) is 38.3 Å². The highest BCUT2D eigenvalue weighted by atomic mass is 32.2. The van der Waals surface area contributed by atoms with Crippen LogP contribution in [0.15, 0.2) is 52.1 Å². The van der Waals surface area contributed by atoms with Gasteiger partial charge in [-0.3, -0.25) is 14.6 Å². The lowest BCUT2D eigenvalue weighted by atomic mass is 10.1. The highest BCUT2D eigenvalue weighted by Gasteiger charge is 2.23. The summed E-state index contributed by atoms with van der Waals surface area (Å²) in [6.07, 6.45) is 5.13. The van der Waals surface area contributed by atoms with Crippen LogP contribution in [0.4, 0.5) is 5.88 Å². The molecular weight excluding hydrogens is 412 g/mol. The molecule has 1 aliphatic rings. The number of nitrogens with one attached hydrogen (secondary N) is 1. The monoisotopic (exact) mass is 435 g/mol. The molecule has 1 fully saturated rings. The predicted molar refractivity (Wildman–Crippen MR) is 117 cm³/mol. The number of anilines is 1. The van der Waals surface area contributed by atoms with E-state index in [4.69, 9.17) is 4.52 Å². The van der Waals surface area contributed by atoms with Crippen molar-refractivity contribution >= 4 is 23.6 Å². The number of carbonyl (C=O) groups is 1. The lowest BCUT2D eigenvalue weighted by Gasteiger charge is -2.17. The van der Waals surface area contributed by atoms with Crippen molar-refractivity contribution in [2.75, 3.05) is 29.2 Å². The first-order chi connectivity index (χ1) is 15.1. The van der Waals surface area contributed by atoms with Crippen LogP contribution in [0.25, 0.3) is 11.3 Å². The topological polar surface area (TPSA) is 98.9 Å². The van der Waals surface area contributed by atoms with Crippen molar-refractivity contribution in [1.29, 1.82) is 5.26 Å². The van der Waals surface area contributed by atoms with E-state index in [1.165, 1.54) is 18.2 Å². The Balaban J connectivity index is 1.39. The van der Waals surface area contributed by atoms with Crippen LogP contribution in [0.5, 0.6) is 0 Å². The zero-order chi connectivity index (χ0) is 21.6. The number of rotatable bonds is 6. The molecule has 9 heteroatoms. The van der Waals surface area contributed by atoms with E-state index in [9.17, 15) is 10.1 Å². The van der Waals surface area contributed by atoms with Gasteiger partial charge in [0.25, 0.3) is 6.20 Å². The van der Waals surface area contributed by atoms with Gasteiger partial charge < -0.3 is 0 Å². The summed E-state index contributed by atoms with van der Waals surface area (Å²) in [5.41, 5.74) is 3.33. The zero-order valence-electron chi connectivity index (χ0n) is 17.2. The molecule has 0 saturated carbocycles. The third-order valence-electron chi connectivity index (χ3n) is 5.01. The van der Waals surface area contributed by atoms with Crippen molar-refractivity contribution in [1.82, 2.24) is 10.3 Å². The first-order valence-corrected chi connectivity index (χ1v) is 11.2. The largest absolute Gasteiger partial charge is 0.305 e. The molecule has 1 amide bonds. The molecule has 3 aromatic rings. The standard InChI is InChI=1S/C22H22N6O2S/c1-16-5-7-17(8-6-16)19-10-9-18(13-23)22(24-19)31-15-20(29)25-21-14-28(26-30-21)27-11-3-2-4-12-27/h5-10,14H,2-4,11-12,15H2,1H3/p+1. The van der Waals surface area contributed by atoms with E-state index in [1.54, 1.807) is 17.1 Å². The van der Waals surface area contributed by atoms with Gasteiger partial charge in [-0.1, -0.05) is 41.6 Å². The Labute approximate surface area is 184 Å². The number of benzene rings is 1. The van der Waals surface area contributed by atoms with Gasteiger partial charge >= 0.3 is 5.88 Å². The molecular formula is C22H23N6O2S+. The number of hydrogen-bond acceptors (Lipinski definition) is 7. The quantitative estimate of drug-likeness (QED) is 0.469. The fourth-order valence-corrected chi connectivity index (χ4v) is 4.11. The molecule has 1 saturated heterocycles. The molecule has 2 aromatic heterocycles. The number of carbonyl (C=O) groups excluding carboxylic acids is 1. The summed E-state index contributed by atoms with van der Waals surface area (Å²) in [7, 11) is 0. The first-order valence-electron chi connectivity index (χ1n) is 10.2. The van der Waals surface area contributed by atoms with Gasteiger partial charge in [-0.15, -0.1) is 0 Å². The van der Waals surface area contributed by atoms with Crippen LogP contribution >= 0.6 is 11.8 Å². The number of aromatic nitrogens is 3. The van der Waals surface area contributed by atoms with Gasteiger partial charge in [-0.2, -0.15) is 10.3 Å². The Morgan fingerprint density at radius 2 is 2.00 bits per heavy atom. The summed E-state index contributed by atoms with van der Waals surface area (Å²) in [5, 5.41) is 18.7. The molecule has 0 radical (unpaired) electrons. The molecule has 0 atom stereocenters. The molecule has 1 aromatic carbocycles. The fraction of sp³-hybridized carbons (Fsp3) is 0.318. The molecule has 0 bridgehead atoms. The Morgan fingerprint density at radius 3 is 2.74 bits per heavy atom. The Bertz CT molecular complexity index is 1100. The Morgan fingerprint density at radius 1 is 1.23 bits per heavy atom. The number of nitriles is 1. The number of pyridine rings is 1. The average Bonchev–Trinajstić information content (AvgIpc) is 3.27. The number of aryl methyl sites for hydroxylation is 1. The highest BCUT2D eigenvalue weighted by molar-refractivity contribution is 8.00. The van der Waals surface area contributed by atoms with Crippen molar-refractivity contribution in [2.24, 2.45) is 0 Å². The maximum absolute atomic E-state index is 12.4. The van der Waals surface area contributed by atoms with Gasteiger partial charge in [0, 0.05) is 5.56 Å². The maximum Gasteiger partial charge on any atom is 0.305 e. The number of amides is 1. The van der Waals surface area contributed by atoms with Crippen LogP contribution in [-0.2, 0) is 4.79 Å². The van der Waals surface area contributed by atoms with Crippen molar-refractivity contribution in [3.05, 3.63) is 53.7 Å². The van der Waals surface area contributed by atoms with Crippen molar-refractivity contribution < 1.29 is 14.1 Å². The summed E-state index contributed by atoms with van der Waals surface area (Å²) in [6, 6.07) is 13.7. The van der Waals surface area contributed by atoms with Gasteiger partial charge in [0.1, 0.15) is 11.1 Å². The molecule has 8 nitrogen and oxygen atoms in total. The number of nitrogens with zero attached hydrogens (tertiary/aromatic N) is 5. The minimum atomic E-state index is -0.252. The number of thioether (sulfide) groups is 1. The van der Waals surface area contributed by atoms with E-state index in [1.807, 2.05) is 37.3 Å². The van der Waals surface area contributed by atoms with Crippen LogP contribution in [0.2, 0.25) is 0 Å². The van der Waals surface area contributed by atoms with Crippen molar-refractivity contribution in [3.8, 4) is 17.3 Å². The first kappa shape index (κ1) is 20.9. The van der Waals surface area contributed by atoms with Gasteiger partial charge in [0.15, 0.2) is 0 Å². The van der Waals surface area contributed by atoms with Gasteiger partial charge in [0.2, 0.25) is 11.2 Å². The summed E-state index contributed by atoms with van der Waals surface area (Å²) in [4.78, 5) is 18.7. The molecule has 0 spiro atoms. The second-order valence-electron chi connectivity index (χ2n) is 7.36. The zero-order valence-corrected chi connectivity index (χ0v) is 18.1.